The molecule has 0 spiro atoms. The van der Waals surface area contributed by atoms with E-state index in [0.717, 1.165) is 6.07 Å². The number of hydrogen-bond donors (Lipinski definition) is 2. The maximum absolute atomic E-state index is 12.8. The first kappa shape index (κ1) is 11.3. The van der Waals surface area contributed by atoms with Crippen molar-refractivity contribution in [2.24, 2.45) is 0 Å². The van der Waals surface area contributed by atoms with Crippen LogP contribution in [0.1, 0.15) is 24.0 Å². The van der Waals surface area contributed by atoms with Gasteiger partial charge in [0.2, 0.25) is 0 Å². The van der Waals surface area contributed by atoms with E-state index in [1.165, 1.54) is 12.1 Å². The molecule has 2 nitrogen and oxygen atoms in total. The van der Waals surface area contributed by atoms with E-state index in [-0.39, 0.29) is 17.9 Å². The molecule has 1 saturated carbocycles. The second-order valence-electron chi connectivity index (χ2n) is 4.24. The van der Waals surface area contributed by atoms with Gasteiger partial charge in [0.25, 0.3) is 0 Å². The molecule has 16 heavy (non-hydrogen) atoms. The van der Waals surface area contributed by atoms with E-state index in [9.17, 15) is 18.3 Å². The lowest BCUT2D eigenvalue weighted by Crippen LogP contribution is -2.19. The standard InChI is InChI=1S/C11H12F3NO/c12-11(13,14)9-5-7(15)1-2-8(9)10(6-16)3-4-10/h1-2,5,16H,3-4,6,15H2. The minimum atomic E-state index is -4.42. The summed E-state index contributed by atoms with van der Waals surface area (Å²) >= 11 is 0. The highest BCUT2D eigenvalue weighted by Crippen LogP contribution is 2.51. The third kappa shape index (κ3) is 1.75. The van der Waals surface area contributed by atoms with Crippen LogP contribution in [0.4, 0.5) is 18.9 Å². The molecule has 0 bridgehead atoms. The Morgan fingerprint density at radius 2 is 1.94 bits per heavy atom. The monoisotopic (exact) mass is 231 g/mol. The molecule has 1 aromatic rings. The maximum atomic E-state index is 12.8. The van der Waals surface area contributed by atoms with Crippen LogP contribution in [0.15, 0.2) is 18.2 Å². The maximum Gasteiger partial charge on any atom is 0.416 e. The van der Waals surface area contributed by atoms with Crippen molar-refractivity contribution in [3.63, 3.8) is 0 Å². The first-order valence-corrected chi connectivity index (χ1v) is 4.97. The zero-order valence-electron chi connectivity index (χ0n) is 8.51. The molecule has 1 aliphatic rings. The number of halogens is 3. The highest BCUT2D eigenvalue weighted by atomic mass is 19.4. The van der Waals surface area contributed by atoms with Crippen molar-refractivity contribution in [1.82, 2.24) is 0 Å². The van der Waals surface area contributed by atoms with Crippen LogP contribution in [0, 0.1) is 0 Å². The molecule has 5 heteroatoms. The first-order chi connectivity index (χ1) is 7.39. The Morgan fingerprint density at radius 1 is 1.31 bits per heavy atom. The molecular formula is C11H12F3NO. The predicted octanol–water partition coefficient (Wildman–Crippen LogP) is 2.31. The third-order valence-electron chi connectivity index (χ3n) is 3.08. The van der Waals surface area contributed by atoms with E-state index in [1.807, 2.05) is 0 Å². The molecule has 1 aliphatic carbocycles. The highest BCUT2D eigenvalue weighted by molar-refractivity contribution is 5.50. The summed E-state index contributed by atoms with van der Waals surface area (Å²) in [5, 5.41) is 9.17. The van der Waals surface area contributed by atoms with E-state index < -0.39 is 17.2 Å². The molecule has 0 atom stereocenters. The second kappa shape index (κ2) is 3.38. The molecule has 0 radical (unpaired) electrons. The second-order valence-corrected chi connectivity index (χ2v) is 4.24. The molecule has 0 saturated heterocycles. The van der Waals surface area contributed by atoms with Crippen LogP contribution in [0.3, 0.4) is 0 Å². The minimum absolute atomic E-state index is 0.0878. The number of rotatable bonds is 2. The fourth-order valence-corrected chi connectivity index (χ4v) is 1.92. The molecule has 0 unspecified atom stereocenters. The number of benzene rings is 1. The van der Waals surface area contributed by atoms with Gasteiger partial charge in [0.05, 0.1) is 12.2 Å². The van der Waals surface area contributed by atoms with Crippen LogP contribution in [0.2, 0.25) is 0 Å². The van der Waals surface area contributed by atoms with Crippen molar-refractivity contribution in [1.29, 1.82) is 0 Å². The van der Waals surface area contributed by atoms with Gasteiger partial charge in [0, 0.05) is 11.1 Å². The minimum Gasteiger partial charge on any atom is -0.399 e. The lowest BCUT2D eigenvalue weighted by atomic mass is 9.91. The van der Waals surface area contributed by atoms with Gasteiger partial charge in [0.1, 0.15) is 0 Å². The largest absolute Gasteiger partial charge is 0.416 e. The number of anilines is 1. The van der Waals surface area contributed by atoms with Crippen LogP contribution < -0.4 is 5.73 Å². The summed E-state index contributed by atoms with van der Waals surface area (Å²) in [7, 11) is 0. The summed E-state index contributed by atoms with van der Waals surface area (Å²) in [5.41, 5.74) is 4.20. The fraction of sp³-hybridized carbons (Fsp3) is 0.455. The predicted molar refractivity (Wildman–Crippen MR) is 53.9 cm³/mol. The number of aliphatic hydroxyl groups excluding tert-OH is 1. The van der Waals surface area contributed by atoms with Gasteiger partial charge in [-0.25, -0.2) is 0 Å². The van der Waals surface area contributed by atoms with E-state index >= 15 is 0 Å². The molecule has 2 rings (SSSR count). The Morgan fingerprint density at radius 3 is 2.38 bits per heavy atom. The molecule has 88 valence electrons. The van der Waals surface area contributed by atoms with Crippen LogP contribution in [0.25, 0.3) is 0 Å². The van der Waals surface area contributed by atoms with Crippen molar-refractivity contribution in [2.45, 2.75) is 24.4 Å². The van der Waals surface area contributed by atoms with Gasteiger partial charge in [-0.3, -0.25) is 0 Å². The van der Waals surface area contributed by atoms with Gasteiger partial charge < -0.3 is 10.8 Å². The number of nitrogen functional groups attached to an aromatic ring is 1. The van der Waals surface area contributed by atoms with Gasteiger partial charge in [-0.2, -0.15) is 13.2 Å². The van der Waals surface area contributed by atoms with E-state index in [2.05, 4.69) is 0 Å². The summed E-state index contributed by atoms with van der Waals surface area (Å²) in [6, 6.07) is 3.76. The van der Waals surface area contributed by atoms with Crippen LogP contribution in [-0.2, 0) is 11.6 Å². The van der Waals surface area contributed by atoms with Crippen molar-refractivity contribution in [3.05, 3.63) is 29.3 Å². The SMILES string of the molecule is Nc1ccc(C2(CO)CC2)c(C(F)(F)F)c1. The molecule has 1 aromatic carbocycles. The van der Waals surface area contributed by atoms with E-state index in [0.29, 0.717) is 12.8 Å². The van der Waals surface area contributed by atoms with E-state index in [4.69, 9.17) is 5.73 Å². The van der Waals surface area contributed by atoms with Gasteiger partial charge in [-0.15, -0.1) is 0 Å². The normalized spacial score (nSPS) is 18.5. The number of alkyl halides is 3. The fourth-order valence-electron chi connectivity index (χ4n) is 1.92. The van der Waals surface area contributed by atoms with Gasteiger partial charge in [-0.05, 0) is 30.5 Å². The summed E-state index contributed by atoms with van der Waals surface area (Å²) < 4.78 is 38.4. The molecule has 0 aliphatic heterocycles. The summed E-state index contributed by atoms with van der Waals surface area (Å²) in [6.07, 6.45) is -3.23. The third-order valence-corrected chi connectivity index (χ3v) is 3.08. The zero-order valence-corrected chi connectivity index (χ0v) is 8.51. The number of aliphatic hydroxyl groups is 1. The van der Waals surface area contributed by atoms with E-state index in [1.54, 1.807) is 0 Å². The van der Waals surface area contributed by atoms with Gasteiger partial charge in [-0.1, -0.05) is 6.07 Å². The van der Waals surface area contributed by atoms with Crippen LogP contribution >= 0.6 is 0 Å². The lowest BCUT2D eigenvalue weighted by molar-refractivity contribution is -0.138. The van der Waals surface area contributed by atoms with Crippen molar-refractivity contribution in [3.8, 4) is 0 Å². The Bertz CT molecular complexity index is 410. The number of hydrogen-bond acceptors (Lipinski definition) is 2. The highest BCUT2D eigenvalue weighted by Gasteiger charge is 2.48. The van der Waals surface area contributed by atoms with Crippen LogP contribution in [-0.4, -0.2) is 11.7 Å². The molecule has 3 N–H and O–H groups in total. The average Bonchev–Trinajstić information content (AvgIpc) is 2.97. The summed E-state index contributed by atoms with van der Waals surface area (Å²) in [4.78, 5) is 0. The Hall–Kier alpha value is -1.23. The molecule has 0 heterocycles. The Balaban J connectivity index is 2.53. The summed E-state index contributed by atoms with van der Waals surface area (Å²) in [5.74, 6) is 0. The quantitative estimate of drug-likeness (QED) is 0.767. The zero-order chi connectivity index (χ0) is 12.0. The van der Waals surface area contributed by atoms with Crippen molar-refractivity contribution in [2.75, 3.05) is 12.3 Å². The average molecular weight is 231 g/mol. The van der Waals surface area contributed by atoms with Crippen molar-refractivity contribution < 1.29 is 18.3 Å². The summed E-state index contributed by atoms with van der Waals surface area (Å²) in [6.45, 7) is -0.250. The first-order valence-electron chi connectivity index (χ1n) is 4.97. The molecule has 0 aromatic heterocycles. The van der Waals surface area contributed by atoms with Gasteiger partial charge in [0.15, 0.2) is 0 Å². The Labute approximate surface area is 90.9 Å². The lowest BCUT2D eigenvalue weighted by Gasteiger charge is -2.19. The Kier molecular flexibility index (Phi) is 2.38. The topological polar surface area (TPSA) is 46.2 Å². The molecular weight excluding hydrogens is 219 g/mol. The molecule has 0 amide bonds. The van der Waals surface area contributed by atoms with Crippen LogP contribution in [0.5, 0.6) is 0 Å². The number of nitrogens with two attached hydrogens (primary N) is 1. The van der Waals surface area contributed by atoms with Gasteiger partial charge >= 0.3 is 6.18 Å². The smallest absolute Gasteiger partial charge is 0.399 e. The molecule has 1 fully saturated rings. The van der Waals surface area contributed by atoms with Crippen molar-refractivity contribution >= 4 is 5.69 Å².